The first-order valence-electron chi connectivity index (χ1n) is 3.99. The summed E-state index contributed by atoms with van der Waals surface area (Å²) in [5, 5.41) is 8.92. The summed E-state index contributed by atoms with van der Waals surface area (Å²) in [6.45, 7) is 4.04. The molecule has 3 heteroatoms. The van der Waals surface area contributed by atoms with Gasteiger partial charge in [0.1, 0.15) is 0 Å². The predicted molar refractivity (Wildman–Crippen MR) is 49.8 cm³/mol. The molecule has 1 aromatic heterocycles. The number of aromatic nitrogens is 1. The normalized spacial score (nSPS) is 15.1. The fourth-order valence-electron chi connectivity index (χ4n) is 0.958. The van der Waals surface area contributed by atoms with Crippen molar-refractivity contribution in [2.45, 2.75) is 26.7 Å². The third kappa shape index (κ3) is 2.05. The highest BCUT2D eigenvalue weighted by molar-refractivity contribution is 7.09. The lowest BCUT2D eigenvalue weighted by Gasteiger charge is -2.17. The molecule has 0 spiro atoms. The van der Waals surface area contributed by atoms with E-state index in [1.165, 1.54) is 4.88 Å². The van der Waals surface area contributed by atoms with Gasteiger partial charge in [-0.1, -0.05) is 6.92 Å². The zero-order chi connectivity index (χ0) is 9.03. The van der Waals surface area contributed by atoms with E-state index >= 15 is 0 Å². The molecular weight excluding hydrogens is 168 g/mol. The molecule has 0 saturated carbocycles. The van der Waals surface area contributed by atoms with Crippen LogP contribution in [0.15, 0.2) is 11.7 Å². The van der Waals surface area contributed by atoms with Crippen LogP contribution in [-0.4, -0.2) is 4.98 Å². The van der Waals surface area contributed by atoms with E-state index in [0.717, 1.165) is 12.8 Å². The molecule has 0 aliphatic rings. The van der Waals surface area contributed by atoms with Gasteiger partial charge in [0.15, 0.2) is 0 Å². The number of nitrogens with zero attached hydrogens (tertiary/aromatic N) is 2. The lowest BCUT2D eigenvalue weighted by Crippen LogP contribution is -2.14. The van der Waals surface area contributed by atoms with Crippen LogP contribution in [0.4, 0.5) is 0 Å². The van der Waals surface area contributed by atoms with Gasteiger partial charge in [-0.15, -0.1) is 11.3 Å². The molecule has 0 bridgehead atoms. The molecule has 1 unspecified atom stereocenters. The largest absolute Gasteiger partial charge is 0.253 e. The molecule has 0 amide bonds. The van der Waals surface area contributed by atoms with Gasteiger partial charge < -0.3 is 0 Å². The molecule has 64 valence electrons. The molecular formula is C9H12N2S. The fourth-order valence-corrected chi connectivity index (χ4v) is 1.74. The molecule has 12 heavy (non-hydrogen) atoms. The summed E-state index contributed by atoms with van der Waals surface area (Å²) in [7, 11) is 0. The second-order valence-corrected chi connectivity index (χ2v) is 4.14. The zero-order valence-corrected chi connectivity index (χ0v) is 8.19. The van der Waals surface area contributed by atoms with E-state index < -0.39 is 0 Å². The molecule has 1 rings (SSSR count). The van der Waals surface area contributed by atoms with Crippen LogP contribution in [0.25, 0.3) is 0 Å². The minimum atomic E-state index is -0.216. The Bertz CT molecular complexity index is 273. The van der Waals surface area contributed by atoms with Gasteiger partial charge >= 0.3 is 0 Å². The predicted octanol–water partition coefficient (Wildman–Crippen LogP) is 2.63. The van der Waals surface area contributed by atoms with E-state index in [4.69, 9.17) is 5.26 Å². The second kappa shape index (κ2) is 3.68. The first-order chi connectivity index (χ1) is 5.70. The molecule has 1 aromatic rings. The maximum Gasteiger partial charge on any atom is 0.0794 e. The Kier molecular flexibility index (Phi) is 2.83. The van der Waals surface area contributed by atoms with Gasteiger partial charge in [-0.05, 0) is 13.3 Å². The van der Waals surface area contributed by atoms with Crippen LogP contribution in [0.1, 0.15) is 25.1 Å². The summed E-state index contributed by atoms with van der Waals surface area (Å²) in [4.78, 5) is 5.18. The van der Waals surface area contributed by atoms with Crippen LogP contribution in [0.3, 0.4) is 0 Å². The van der Waals surface area contributed by atoms with Crippen molar-refractivity contribution in [1.29, 1.82) is 5.26 Å². The van der Waals surface area contributed by atoms with Crippen LogP contribution in [-0.2, 0) is 6.42 Å². The minimum absolute atomic E-state index is 0.216. The maximum absolute atomic E-state index is 8.92. The second-order valence-electron chi connectivity index (χ2n) is 3.17. The zero-order valence-electron chi connectivity index (χ0n) is 7.37. The first-order valence-corrected chi connectivity index (χ1v) is 4.87. The van der Waals surface area contributed by atoms with E-state index in [-0.39, 0.29) is 5.41 Å². The average Bonchev–Trinajstić information content (AvgIpc) is 2.57. The molecule has 0 aliphatic heterocycles. The van der Waals surface area contributed by atoms with Crippen molar-refractivity contribution in [1.82, 2.24) is 4.98 Å². The number of hydrogen-bond acceptors (Lipinski definition) is 3. The third-order valence-corrected chi connectivity index (χ3v) is 2.88. The standard InChI is InChI=1S/C9H12N2S/c1-3-9(2,6-10)4-8-5-11-7-12-8/h5,7H,3-4H2,1-2H3. The first kappa shape index (κ1) is 9.21. The van der Waals surface area contributed by atoms with Gasteiger partial charge in [0.2, 0.25) is 0 Å². The molecule has 0 saturated heterocycles. The van der Waals surface area contributed by atoms with Crippen LogP contribution >= 0.6 is 11.3 Å². The Labute approximate surface area is 76.9 Å². The Morgan fingerprint density at radius 3 is 2.92 bits per heavy atom. The molecule has 0 fully saturated rings. The Morgan fingerprint density at radius 2 is 2.50 bits per heavy atom. The van der Waals surface area contributed by atoms with Crippen molar-refractivity contribution < 1.29 is 0 Å². The van der Waals surface area contributed by atoms with E-state index in [2.05, 4.69) is 11.1 Å². The van der Waals surface area contributed by atoms with Crippen LogP contribution in [0, 0.1) is 16.7 Å². The molecule has 2 nitrogen and oxygen atoms in total. The highest BCUT2D eigenvalue weighted by atomic mass is 32.1. The quantitative estimate of drug-likeness (QED) is 0.717. The molecule has 0 N–H and O–H groups in total. The maximum atomic E-state index is 8.92. The van der Waals surface area contributed by atoms with E-state index in [0.29, 0.717) is 0 Å². The fraction of sp³-hybridized carbons (Fsp3) is 0.556. The van der Waals surface area contributed by atoms with Gasteiger partial charge in [0.05, 0.1) is 17.0 Å². The van der Waals surface area contributed by atoms with E-state index in [1.807, 2.05) is 25.6 Å². The summed E-state index contributed by atoms with van der Waals surface area (Å²) < 4.78 is 0. The molecule has 0 radical (unpaired) electrons. The molecule has 0 aliphatic carbocycles. The van der Waals surface area contributed by atoms with Gasteiger partial charge in [0, 0.05) is 17.5 Å². The van der Waals surface area contributed by atoms with E-state index in [9.17, 15) is 0 Å². The average molecular weight is 180 g/mol. The lowest BCUT2D eigenvalue weighted by molar-refractivity contribution is 0.426. The number of rotatable bonds is 3. The molecule has 1 heterocycles. The highest BCUT2D eigenvalue weighted by Crippen LogP contribution is 2.26. The van der Waals surface area contributed by atoms with E-state index in [1.54, 1.807) is 11.3 Å². The minimum Gasteiger partial charge on any atom is -0.253 e. The topological polar surface area (TPSA) is 36.7 Å². The Balaban J connectivity index is 2.68. The summed E-state index contributed by atoms with van der Waals surface area (Å²) in [5.41, 5.74) is 1.59. The Morgan fingerprint density at radius 1 is 1.75 bits per heavy atom. The summed E-state index contributed by atoms with van der Waals surface area (Å²) in [6.07, 6.45) is 3.56. The van der Waals surface area contributed by atoms with Gasteiger partial charge in [0.25, 0.3) is 0 Å². The molecule has 0 aromatic carbocycles. The number of thiazole rings is 1. The van der Waals surface area contributed by atoms with Crippen molar-refractivity contribution >= 4 is 11.3 Å². The number of nitriles is 1. The van der Waals surface area contributed by atoms with Crippen LogP contribution in [0.5, 0.6) is 0 Å². The SMILES string of the molecule is CCC(C)(C#N)Cc1cncs1. The summed E-state index contributed by atoms with van der Waals surface area (Å²) in [6, 6.07) is 2.35. The van der Waals surface area contributed by atoms with Crippen LogP contribution in [0.2, 0.25) is 0 Å². The monoisotopic (exact) mass is 180 g/mol. The lowest BCUT2D eigenvalue weighted by atomic mass is 9.85. The summed E-state index contributed by atoms with van der Waals surface area (Å²) in [5.74, 6) is 0. The molecule has 1 atom stereocenters. The van der Waals surface area contributed by atoms with Crippen molar-refractivity contribution in [3.63, 3.8) is 0 Å². The van der Waals surface area contributed by atoms with Crippen molar-refractivity contribution in [2.24, 2.45) is 5.41 Å². The van der Waals surface area contributed by atoms with Crippen molar-refractivity contribution in [3.05, 3.63) is 16.6 Å². The smallest absolute Gasteiger partial charge is 0.0794 e. The van der Waals surface area contributed by atoms with Crippen molar-refractivity contribution in [3.8, 4) is 6.07 Å². The Hall–Kier alpha value is -0.880. The number of hydrogen-bond donors (Lipinski definition) is 0. The summed E-state index contributed by atoms with van der Waals surface area (Å²) >= 11 is 1.62. The van der Waals surface area contributed by atoms with Gasteiger partial charge in [-0.3, -0.25) is 4.98 Å². The van der Waals surface area contributed by atoms with Gasteiger partial charge in [-0.25, -0.2) is 0 Å². The van der Waals surface area contributed by atoms with Crippen LogP contribution < -0.4 is 0 Å². The third-order valence-electron chi connectivity index (χ3n) is 2.10. The highest BCUT2D eigenvalue weighted by Gasteiger charge is 2.22. The van der Waals surface area contributed by atoms with Crippen molar-refractivity contribution in [2.75, 3.05) is 0 Å². The van der Waals surface area contributed by atoms with Gasteiger partial charge in [-0.2, -0.15) is 5.26 Å².